The van der Waals surface area contributed by atoms with Crippen molar-refractivity contribution in [3.8, 4) is 0 Å². The van der Waals surface area contributed by atoms with E-state index in [-0.39, 0.29) is 18.4 Å². The van der Waals surface area contributed by atoms with E-state index in [2.05, 4.69) is 5.32 Å². The summed E-state index contributed by atoms with van der Waals surface area (Å²) >= 11 is 6.34. The van der Waals surface area contributed by atoms with Crippen LogP contribution >= 0.6 is 11.6 Å². The average Bonchev–Trinajstić information content (AvgIpc) is 3.01. The molecular weight excluding hydrogens is 355 g/mol. The van der Waals surface area contributed by atoms with Crippen molar-refractivity contribution in [2.24, 2.45) is 5.92 Å². The highest BCUT2D eigenvalue weighted by atomic mass is 35.5. The molecule has 0 aromatic carbocycles. The number of amides is 1. The molecule has 1 unspecified atom stereocenters. The van der Waals surface area contributed by atoms with Gasteiger partial charge in [-0.1, -0.05) is 18.5 Å². The van der Waals surface area contributed by atoms with Gasteiger partial charge in [-0.3, -0.25) is 4.79 Å². The highest BCUT2D eigenvalue weighted by Gasteiger charge is 2.31. The molecule has 2 N–H and O–H groups in total. The normalized spacial score (nSPS) is 24.6. The maximum Gasteiger partial charge on any atom is 0.253 e. The van der Waals surface area contributed by atoms with Crippen LogP contribution in [0.3, 0.4) is 0 Å². The number of carbonyl (C=O) groups excluding carboxylic acids is 1. The number of aliphatic hydroxyl groups is 1. The molecule has 3 rings (SSSR count). The minimum absolute atomic E-state index is 0.0102. The molecule has 1 atom stereocenters. The fraction of sp³-hybridized carbons (Fsp3) is 0.550. The molecule has 2 aromatic rings. The Morgan fingerprint density at radius 3 is 2.85 bits per heavy atom. The zero-order chi connectivity index (χ0) is 18.9. The van der Waals surface area contributed by atoms with Crippen LogP contribution in [0.1, 0.15) is 61.5 Å². The Kier molecular flexibility index (Phi) is 5.58. The average molecular weight is 381 g/mol. The zero-order valence-corrected chi connectivity index (χ0v) is 16.0. The molecule has 1 saturated carbocycles. The molecule has 0 saturated heterocycles. The summed E-state index contributed by atoms with van der Waals surface area (Å²) in [5.74, 6) is 0.0200. The van der Waals surface area contributed by atoms with Gasteiger partial charge in [0.1, 0.15) is 5.67 Å². The summed E-state index contributed by atoms with van der Waals surface area (Å²) < 4.78 is 15.8. The lowest BCUT2D eigenvalue weighted by Crippen LogP contribution is -2.34. The fourth-order valence-electron chi connectivity index (χ4n) is 3.70. The highest BCUT2D eigenvalue weighted by molar-refractivity contribution is 6.34. The molecule has 1 aliphatic carbocycles. The first-order valence-corrected chi connectivity index (χ1v) is 9.57. The van der Waals surface area contributed by atoms with Crippen LogP contribution in [-0.4, -0.2) is 34.2 Å². The summed E-state index contributed by atoms with van der Waals surface area (Å²) in [6, 6.07) is 5.38. The zero-order valence-electron chi connectivity index (χ0n) is 15.3. The fourth-order valence-corrected chi connectivity index (χ4v) is 3.97. The molecule has 4 nitrogen and oxygen atoms in total. The minimum Gasteiger partial charge on any atom is -0.396 e. The van der Waals surface area contributed by atoms with E-state index in [9.17, 15) is 14.3 Å². The van der Waals surface area contributed by atoms with Gasteiger partial charge in [0.2, 0.25) is 0 Å². The van der Waals surface area contributed by atoms with E-state index in [1.807, 2.05) is 23.6 Å². The van der Waals surface area contributed by atoms with Crippen LogP contribution in [-0.2, 0) is 0 Å². The summed E-state index contributed by atoms with van der Waals surface area (Å²) in [6.45, 7) is 4.09. The largest absolute Gasteiger partial charge is 0.396 e. The van der Waals surface area contributed by atoms with Gasteiger partial charge in [0.05, 0.1) is 22.7 Å². The first-order chi connectivity index (χ1) is 12.3. The van der Waals surface area contributed by atoms with Crippen molar-refractivity contribution in [1.82, 2.24) is 9.72 Å². The number of nitrogens with one attached hydrogen (secondary N) is 1. The number of fused-ring (bicyclic) bond motifs is 1. The first kappa shape index (κ1) is 19.2. The van der Waals surface area contributed by atoms with Gasteiger partial charge < -0.3 is 14.8 Å². The third kappa shape index (κ3) is 3.89. The lowest BCUT2D eigenvalue weighted by Gasteiger charge is -2.31. The van der Waals surface area contributed by atoms with E-state index >= 15 is 0 Å². The van der Waals surface area contributed by atoms with E-state index < -0.39 is 5.67 Å². The molecule has 6 heteroatoms. The molecule has 1 aliphatic rings. The monoisotopic (exact) mass is 380 g/mol. The Bertz CT molecular complexity index is 792. The van der Waals surface area contributed by atoms with Crippen LogP contribution in [0.15, 0.2) is 24.4 Å². The van der Waals surface area contributed by atoms with Crippen LogP contribution in [0.4, 0.5) is 4.39 Å². The SMILES string of the molecule is CC(CO)c1cc(C(=O)NCC2CCC(C)(F)CC2)c2c(Cl)cccn12. The Morgan fingerprint density at radius 1 is 1.50 bits per heavy atom. The van der Waals surface area contributed by atoms with E-state index in [0.717, 1.165) is 18.5 Å². The standard InChI is InChI=1S/C20H26ClFN2O2/c1-13(12-25)17-10-15(18-16(21)4-3-9-24(17)18)19(26)23-11-14-5-7-20(2,22)8-6-14/h3-4,9-10,13-14,25H,5-8,11-12H2,1-2H3,(H,23,26). The van der Waals surface area contributed by atoms with Gasteiger partial charge in [0.15, 0.2) is 0 Å². The summed E-state index contributed by atoms with van der Waals surface area (Å²) in [5, 5.41) is 13.0. The number of halogens is 2. The number of nitrogens with zero attached hydrogens (tertiary/aromatic N) is 1. The van der Waals surface area contributed by atoms with E-state index in [1.54, 1.807) is 19.1 Å². The molecule has 0 bridgehead atoms. The van der Waals surface area contributed by atoms with Gasteiger partial charge in [-0.25, -0.2) is 4.39 Å². The second kappa shape index (κ2) is 7.57. The number of carbonyl (C=O) groups is 1. The van der Waals surface area contributed by atoms with Crippen LogP contribution in [0, 0.1) is 5.92 Å². The quantitative estimate of drug-likeness (QED) is 0.810. The van der Waals surface area contributed by atoms with Gasteiger partial charge in [0, 0.05) is 24.4 Å². The number of aliphatic hydroxyl groups excluding tert-OH is 1. The lowest BCUT2D eigenvalue weighted by atomic mass is 9.81. The van der Waals surface area contributed by atoms with Crippen LogP contribution in [0.2, 0.25) is 5.02 Å². The summed E-state index contributed by atoms with van der Waals surface area (Å²) in [5.41, 5.74) is 0.946. The van der Waals surface area contributed by atoms with E-state index in [4.69, 9.17) is 11.6 Å². The van der Waals surface area contributed by atoms with E-state index in [1.165, 1.54) is 0 Å². The molecular formula is C20H26ClFN2O2. The topological polar surface area (TPSA) is 53.7 Å². The number of hydrogen-bond acceptors (Lipinski definition) is 2. The van der Waals surface area contributed by atoms with E-state index in [0.29, 0.717) is 41.4 Å². The minimum atomic E-state index is -1.07. The van der Waals surface area contributed by atoms with Crippen molar-refractivity contribution >= 4 is 23.0 Å². The van der Waals surface area contributed by atoms with Gasteiger partial charge in [-0.2, -0.15) is 0 Å². The number of pyridine rings is 1. The van der Waals surface area contributed by atoms with Gasteiger partial charge >= 0.3 is 0 Å². The summed E-state index contributed by atoms with van der Waals surface area (Å²) in [4.78, 5) is 12.8. The van der Waals surface area contributed by atoms with Crippen molar-refractivity contribution < 1.29 is 14.3 Å². The number of alkyl halides is 1. The molecule has 26 heavy (non-hydrogen) atoms. The lowest BCUT2D eigenvalue weighted by molar-refractivity contribution is 0.0894. The van der Waals surface area contributed by atoms with Crippen molar-refractivity contribution in [3.63, 3.8) is 0 Å². The van der Waals surface area contributed by atoms with Crippen molar-refractivity contribution in [2.75, 3.05) is 13.2 Å². The molecule has 142 valence electrons. The van der Waals surface area contributed by atoms with Gasteiger partial charge in [-0.15, -0.1) is 0 Å². The number of hydrogen-bond donors (Lipinski definition) is 2. The third-order valence-electron chi connectivity index (χ3n) is 5.49. The second-order valence-electron chi connectivity index (χ2n) is 7.71. The molecule has 0 radical (unpaired) electrons. The Labute approximate surface area is 158 Å². The molecule has 2 heterocycles. The van der Waals surface area contributed by atoms with Gasteiger partial charge in [-0.05, 0) is 56.7 Å². The first-order valence-electron chi connectivity index (χ1n) is 9.20. The van der Waals surface area contributed by atoms with Crippen molar-refractivity contribution in [2.45, 2.75) is 51.1 Å². The maximum atomic E-state index is 13.9. The number of aromatic nitrogens is 1. The highest BCUT2D eigenvalue weighted by Crippen LogP contribution is 2.34. The van der Waals surface area contributed by atoms with Crippen LogP contribution in [0.5, 0.6) is 0 Å². The predicted octanol–water partition coefficient (Wildman–Crippen LogP) is 4.34. The Morgan fingerprint density at radius 2 is 2.19 bits per heavy atom. The van der Waals surface area contributed by atoms with Crippen LogP contribution < -0.4 is 5.32 Å². The summed E-state index contributed by atoms with van der Waals surface area (Å²) in [6.07, 6.45) is 4.52. The molecule has 2 aromatic heterocycles. The molecule has 1 amide bonds. The van der Waals surface area contributed by atoms with Crippen molar-refractivity contribution in [1.29, 1.82) is 0 Å². The Hall–Kier alpha value is -1.59. The maximum absolute atomic E-state index is 13.9. The smallest absolute Gasteiger partial charge is 0.253 e. The third-order valence-corrected chi connectivity index (χ3v) is 5.80. The predicted molar refractivity (Wildman–Crippen MR) is 102 cm³/mol. The number of rotatable bonds is 5. The van der Waals surface area contributed by atoms with Crippen molar-refractivity contribution in [3.05, 3.63) is 40.7 Å². The second-order valence-corrected chi connectivity index (χ2v) is 8.12. The Balaban J connectivity index is 1.78. The molecule has 1 fully saturated rings. The van der Waals surface area contributed by atoms with Crippen LogP contribution in [0.25, 0.3) is 5.52 Å². The molecule has 0 spiro atoms. The molecule has 0 aliphatic heterocycles. The summed E-state index contributed by atoms with van der Waals surface area (Å²) in [7, 11) is 0. The van der Waals surface area contributed by atoms with Gasteiger partial charge in [0.25, 0.3) is 5.91 Å².